The Labute approximate surface area is 101 Å². The first-order chi connectivity index (χ1) is 8.58. The minimum absolute atomic E-state index is 0.122. The summed E-state index contributed by atoms with van der Waals surface area (Å²) in [4.78, 5) is 22.3. The van der Waals surface area contributed by atoms with E-state index in [4.69, 9.17) is 9.52 Å². The van der Waals surface area contributed by atoms with Crippen molar-refractivity contribution < 1.29 is 24.2 Å². The summed E-state index contributed by atoms with van der Waals surface area (Å²) in [5.41, 5.74) is 0.0462. The molecule has 2 rings (SSSR count). The highest BCUT2D eigenvalue weighted by Crippen LogP contribution is 2.22. The van der Waals surface area contributed by atoms with Gasteiger partial charge in [-0.3, -0.25) is 4.79 Å². The molecule has 18 heavy (non-hydrogen) atoms. The number of phenols is 1. The molecule has 0 unspecified atom stereocenters. The number of aromatic hydroxyl groups is 1. The molecule has 0 atom stereocenters. The minimum atomic E-state index is -1.24. The van der Waals surface area contributed by atoms with Gasteiger partial charge in [-0.2, -0.15) is 0 Å². The maximum atomic E-state index is 11.6. The van der Waals surface area contributed by atoms with Crippen molar-refractivity contribution in [3.8, 4) is 5.75 Å². The van der Waals surface area contributed by atoms with Crippen molar-refractivity contribution >= 4 is 17.6 Å². The molecule has 6 nitrogen and oxygen atoms in total. The number of hydrogen-bond donors (Lipinski definition) is 3. The summed E-state index contributed by atoms with van der Waals surface area (Å²) in [5.74, 6) is -2.02. The number of nitrogens with one attached hydrogen (secondary N) is 1. The zero-order valence-electron chi connectivity index (χ0n) is 9.08. The average Bonchev–Trinajstić information content (AvgIpc) is 2.81. The second-order valence-corrected chi connectivity index (χ2v) is 3.47. The third-order valence-electron chi connectivity index (χ3n) is 2.23. The molecule has 0 saturated carbocycles. The van der Waals surface area contributed by atoms with Crippen molar-refractivity contribution in [3.05, 3.63) is 47.9 Å². The van der Waals surface area contributed by atoms with E-state index in [-0.39, 0.29) is 17.0 Å². The molecule has 1 aromatic heterocycles. The van der Waals surface area contributed by atoms with E-state index in [2.05, 4.69) is 5.32 Å². The van der Waals surface area contributed by atoms with Crippen molar-refractivity contribution in [3.63, 3.8) is 0 Å². The maximum Gasteiger partial charge on any atom is 0.339 e. The van der Waals surface area contributed by atoms with E-state index in [0.717, 1.165) is 6.07 Å². The first kappa shape index (κ1) is 11.7. The standard InChI is InChI=1S/C12H9NO5/c14-9-6-7(3-4-8(9)12(16)17)13-11(15)10-2-1-5-18-10/h1-6,14H,(H,13,15)(H,16,17). The largest absolute Gasteiger partial charge is 0.507 e. The summed E-state index contributed by atoms with van der Waals surface area (Å²) in [5, 5.41) is 20.6. The zero-order valence-corrected chi connectivity index (χ0v) is 9.08. The van der Waals surface area contributed by atoms with Crippen LogP contribution < -0.4 is 5.32 Å². The van der Waals surface area contributed by atoms with Crippen LogP contribution in [0.15, 0.2) is 41.0 Å². The lowest BCUT2D eigenvalue weighted by atomic mass is 10.2. The number of carboxylic acids is 1. The Bertz CT molecular complexity index is 589. The smallest absolute Gasteiger partial charge is 0.339 e. The van der Waals surface area contributed by atoms with Gasteiger partial charge in [0.1, 0.15) is 11.3 Å². The van der Waals surface area contributed by atoms with Crippen LogP contribution in [-0.2, 0) is 0 Å². The average molecular weight is 247 g/mol. The molecular formula is C12H9NO5. The number of rotatable bonds is 3. The lowest BCUT2D eigenvalue weighted by molar-refractivity contribution is 0.0693. The van der Waals surface area contributed by atoms with Gasteiger partial charge in [-0.25, -0.2) is 4.79 Å². The minimum Gasteiger partial charge on any atom is -0.507 e. The Kier molecular flexibility index (Phi) is 3.01. The third-order valence-corrected chi connectivity index (χ3v) is 2.23. The number of aromatic carboxylic acids is 1. The van der Waals surface area contributed by atoms with Gasteiger partial charge in [0.15, 0.2) is 5.76 Å². The highest BCUT2D eigenvalue weighted by atomic mass is 16.4. The first-order valence-electron chi connectivity index (χ1n) is 4.99. The molecular weight excluding hydrogens is 238 g/mol. The Morgan fingerprint density at radius 2 is 2.00 bits per heavy atom. The summed E-state index contributed by atoms with van der Waals surface area (Å²) >= 11 is 0. The molecule has 1 amide bonds. The highest BCUT2D eigenvalue weighted by molar-refractivity contribution is 6.02. The van der Waals surface area contributed by atoms with Gasteiger partial charge in [0.2, 0.25) is 0 Å². The predicted octanol–water partition coefficient (Wildman–Crippen LogP) is 1.94. The monoisotopic (exact) mass is 247 g/mol. The summed E-state index contributed by atoms with van der Waals surface area (Å²) in [6.07, 6.45) is 1.36. The molecule has 0 fully saturated rings. The number of carbonyl (C=O) groups excluding carboxylic acids is 1. The number of amides is 1. The maximum absolute atomic E-state index is 11.6. The molecule has 0 spiro atoms. The van der Waals surface area contributed by atoms with Crippen LogP contribution in [0, 0.1) is 0 Å². The van der Waals surface area contributed by atoms with E-state index >= 15 is 0 Å². The summed E-state index contributed by atoms with van der Waals surface area (Å²) < 4.78 is 4.89. The number of anilines is 1. The molecule has 0 aliphatic carbocycles. The van der Waals surface area contributed by atoms with E-state index in [0.29, 0.717) is 0 Å². The Balaban J connectivity index is 2.18. The lowest BCUT2D eigenvalue weighted by Gasteiger charge is -2.05. The second kappa shape index (κ2) is 4.62. The molecule has 92 valence electrons. The van der Waals surface area contributed by atoms with Gasteiger partial charge >= 0.3 is 5.97 Å². The van der Waals surface area contributed by atoms with Crippen LogP contribution in [0.1, 0.15) is 20.9 Å². The van der Waals surface area contributed by atoms with Crippen molar-refractivity contribution in [1.29, 1.82) is 0 Å². The lowest BCUT2D eigenvalue weighted by Crippen LogP contribution is -2.11. The molecule has 1 heterocycles. The molecule has 3 N–H and O–H groups in total. The summed E-state index contributed by atoms with van der Waals surface area (Å²) in [6.45, 7) is 0. The van der Waals surface area contributed by atoms with Gasteiger partial charge in [-0.15, -0.1) is 0 Å². The van der Waals surface area contributed by atoms with E-state index in [9.17, 15) is 14.7 Å². The number of benzene rings is 1. The number of furan rings is 1. The second-order valence-electron chi connectivity index (χ2n) is 3.47. The van der Waals surface area contributed by atoms with Gasteiger partial charge < -0.3 is 19.9 Å². The van der Waals surface area contributed by atoms with Gasteiger partial charge in [0.25, 0.3) is 5.91 Å². The van der Waals surface area contributed by atoms with Crippen LogP contribution in [0.4, 0.5) is 5.69 Å². The zero-order chi connectivity index (χ0) is 13.1. The fourth-order valence-corrected chi connectivity index (χ4v) is 1.39. The van der Waals surface area contributed by atoms with Crippen molar-refractivity contribution in [1.82, 2.24) is 0 Å². The number of carboxylic acid groups (broad SMARTS) is 1. The van der Waals surface area contributed by atoms with Crippen LogP contribution in [-0.4, -0.2) is 22.1 Å². The summed E-state index contributed by atoms with van der Waals surface area (Å²) in [7, 11) is 0. The van der Waals surface area contributed by atoms with E-state index in [1.54, 1.807) is 6.07 Å². The number of carbonyl (C=O) groups is 2. The van der Waals surface area contributed by atoms with E-state index in [1.807, 2.05) is 0 Å². The Hall–Kier alpha value is -2.76. The van der Waals surface area contributed by atoms with Crippen LogP contribution >= 0.6 is 0 Å². The normalized spacial score (nSPS) is 10.0. The third kappa shape index (κ3) is 2.32. The Morgan fingerprint density at radius 1 is 1.22 bits per heavy atom. The van der Waals surface area contributed by atoms with Gasteiger partial charge in [0, 0.05) is 11.8 Å². The van der Waals surface area contributed by atoms with Crippen molar-refractivity contribution in [2.75, 3.05) is 5.32 Å². The molecule has 0 aliphatic rings. The molecule has 0 aliphatic heterocycles. The van der Waals surface area contributed by atoms with Gasteiger partial charge in [-0.1, -0.05) is 0 Å². The molecule has 1 aromatic carbocycles. The van der Waals surface area contributed by atoms with Crippen LogP contribution in [0.5, 0.6) is 5.75 Å². The Morgan fingerprint density at radius 3 is 2.56 bits per heavy atom. The molecule has 2 aromatic rings. The molecule has 6 heteroatoms. The van der Waals surface area contributed by atoms with Crippen LogP contribution in [0.3, 0.4) is 0 Å². The fourth-order valence-electron chi connectivity index (χ4n) is 1.39. The first-order valence-corrected chi connectivity index (χ1v) is 4.99. The SMILES string of the molecule is O=C(Nc1ccc(C(=O)O)c(O)c1)c1ccco1. The van der Waals surface area contributed by atoms with Gasteiger partial charge in [0.05, 0.1) is 6.26 Å². The van der Waals surface area contributed by atoms with Crippen LogP contribution in [0.25, 0.3) is 0 Å². The topological polar surface area (TPSA) is 99.8 Å². The molecule has 0 saturated heterocycles. The van der Waals surface area contributed by atoms with Gasteiger partial charge in [-0.05, 0) is 24.3 Å². The molecule has 0 bridgehead atoms. The number of hydrogen-bond acceptors (Lipinski definition) is 4. The quantitative estimate of drug-likeness (QED) is 0.769. The van der Waals surface area contributed by atoms with E-state index < -0.39 is 17.6 Å². The van der Waals surface area contributed by atoms with Crippen molar-refractivity contribution in [2.24, 2.45) is 0 Å². The van der Waals surface area contributed by atoms with Crippen LogP contribution in [0.2, 0.25) is 0 Å². The summed E-state index contributed by atoms with van der Waals surface area (Å²) in [6, 6.07) is 6.80. The molecule has 0 radical (unpaired) electrons. The fraction of sp³-hybridized carbons (Fsp3) is 0. The van der Waals surface area contributed by atoms with E-state index in [1.165, 1.54) is 24.5 Å². The predicted molar refractivity (Wildman–Crippen MR) is 61.7 cm³/mol. The highest BCUT2D eigenvalue weighted by Gasteiger charge is 2.12. The van der Waals surface area contributed by atoms with Crippen molar-refractivity contribution in [2.45, 2.75) is 0 Å².